The van der Waals surface area contributed by atoms with E-state index in [1.165, 1.54) is 0 Å². The van der Waals surface area contributed by atoms with Gasteiger partial charge in [0.25, 0.3) is 0 Å². The second-order valence-corrected chi connectivity index (χ2v) is 3.42. The summed E-state index contributed by atoms with van der Waals surface area (Å²) in [7, 11) is 0. The second-order valence-electron chi connectivity index (χ2n) is 3.42. The van der Waals surface area contributed by atoms with Gasteiger partial charge in [-0.2, -0.15) is 0 Å². The third-order valence-electron chi connectivity index (χ3n) is 2.33. The topological polar surface area (TPSA) is 46.2 Å². The van der Waals surface area contributed by atoms with Crippen LogP contribution in [0.4, 0.5) is 0 Å². The van der Waals surface area contributed by atoms with Crippen molar-refractivity contribution in [1.82, 2.24) is 0 Å². The largest absolute Gasteiger partial charge is 0.508 e. The Morgan fingerprint density at radius 1 is 1.38 bits per heavy atom. The summed E-state index contributed by atoms with van der Waals surface area (Å²) in [6, 6.07) is 5.70. The molecule has 0 saturated heterocycles. The van der Waals surface area contributed by atoms with Crippen LogP contribution < -0.4 is 5.73 Å². The molecule has 72 valence electrons. The Hall–Kier alpha value is -1.02. The average Bonchev–Trinajstić information content (AvgIpc) is 2.15. The minimum atomic E-state index is 0.317. The van der Waals surface area contributed by atoms with Crippen LogP contribution in [-0.4, -0.2) is 11.7 Å². The fraction of sp³-hybridized carbons (Fsp3) is 0.455. The van der Waals surface area contributed by atoms with Crippen molar-refractivity contribution in [2.24, 2.45) is 5.73 Å². The second kappa shape index (κ2) is 4.28. The van der Waals surface area contributed by atoms with E-state index in [1.807, 2.05) is 0 Å². The Labute approximate surface area is 79.4 Å². The number of hydrogen-bond donors (Lipinski definition) is 2. The molecular formula is C11H17NO. The maximum absolute atomic E-state index is 9.43. The zero-order valence-corrected chi connectivity index (χ0v) is 8.25. The molecule has 1 atom stereocenters. The van der Waals surface area contributed by atoms with Crippen molar-refractivity contribution in [3.8, 4) is 5.75 Å². The fourth-order valence-electron chi connectivity index (χ4n) is 1.32. The summed E-state index contributed by atoms with van der Waals surface area (Å²) in [5, 5.41) is 9.43. The van der Waals surface area contributed by atoms with E-state index in [4.69, 9.17) is 5.73 Å². The third-order valence-corrected chi connectivity index (χ3v) is 2.33. The molecule has 1 aromatic carbocycles. The van der Waals surface area contributed by atoms with Gasteiger partial charge in [-0.25, -0.2) is 0 Å². The minimum absolute atomic E-state index is 0.317. The molecule has 0 amide bonds. The highest BCUT2D eigenvalue weighted by atomic mass is 16.3. The Morgan fingerprint density at radius 3 is 2.62 bits per heavy atom. The molecule has 2 heteroatoms. The molecule has 0 aliphatic carbocycles. The summed E-state index contributed by atoms with van der Waals surface area (Å²) in [4.78, 5) is 0. The van der Waals surface area contributed by atoms with Crippen LogP contribution >= 0.6 is 0 Å². The quantitative estimate of drug-likeness (QED) is 0.745. The number of aromatic hydroxyl groups is 1. The van der Waals surface area contributed by atoms with Crippen LogP contribution in [0.5, 0.6) is 5.75 Å². The molecule has 0 fully saturated rings. The minimum Gasteiger partial charge on any atom is -0.508 e. The summed E-state index contributed by atoms with van der Waals surface area (Å²) in [6.45, 7) is 4.76. The lowest BCUT2D eigenvalue weighted by molar-refractivity contribution is 0.473. The Bertz CT molecular complexity index is 283. The van der Waals surface area contributed by atoms with Gasteiger partial charge < -0.3 is 10.8 Å². The van der Waals surface area contributed by atoms with Crippen LogP contribution in [0.15, 0.2) is 18.2 Å². The number of aryl methyl sites for hydroxylation is 1. The van der Waals surface area contributed by atoms with Crippen LogP contribution in [0.3, 0.4) is 0 Å². The van der Waals surface area contributed by atoms with Gasteiger partial charge in [0.15, 0.2) is 0 Å². The number of phenolic OH excluding ortho intramolecular Hbond substituents is 1. The highest BCUT2D eigenvalue weighted by molar-refractivity contribution is 5.35. The van der Waals surface area contributed by atoms with E-state index in [9.17, 15) is 5.11 Å². The third kappa shape index (κ3) is 2.46. The zero-order chi connectivity index (χ0) is 9.84. The Kier molecular flexibility index (Phi) is 3.32. The van der Waals surface area contributed by atoms with E-state index in [0.29, 0.717) is 18.2 Å². The number of rotatable bonds is 3. The van der Waals surface area contributed by atoms with Gasteiger partial charge >= 0.3 is 0 Å². The van der Waals surface area contributed by atoms with E-state index in [2.05, 4.69) is 19.9 Å². The molecule has 0 aliphatic rings. The van der Waals surface area contributed by atoms with Gasteiger partial charge in [0.05, 0.1) is 0 Å². The SMILES string of the molecule is CCc1cc(O)cc(C(C)CN)c1. The molecule has 1 rings (SSSR count). The normalized spacial score (nSPS) is 12.8. The van der Waals surface area contributed by atoms with E-state index in [0.717, 1.165) is 17.5 Å². The van der Waals surface area contributed by atoms with Crippen molar-refractivity contribution < 1.29 is 5.11 Å². The maximum atomic E-state index is 9.43. The van der Waals surface area contributed by atoms with Gasteiger partial charge in [0.2, 0.25) is 0 Å². The molecule has 1 unspecified atom stereocenters. The molecule has 3 N–H and O–H groups in total. The molecule has 0 aliphatic heterocycles. The Balaban J connectivity index is 3.01. The van der Waals surface area contributed by atoms with Crippen molar-refractivity contribution in [3.63, 3.8) is 0 Å². The summed E-state index contributed by atoms with van der Waals surface area (Å²) in [5.41, 5.74) is 7.85. The molecule has 2 nitrogen and oxygen atoms in total. The van der Waals surface area contributed by atoms with Gasteiger partial charge in [-0.05, 0) is 42.1 Å². The first kappa shape index (κ1) is 10.1. The first-order chi connectivity index (χ1) is 6.17. The van der Waals surface area contributed by atoms with Crippen LogP contribution in [-0.2, 0) is 6.42 Å². The van der Waals surface area contributed by atoms with Crippen LogP contribution in [0.1, 0.15) is 30.9 Å². The van der Waals surface area contributed by atoms with E-state index in [1.54, 1.807) is 12.1 Å². The lowest BCUT2D eigenvalue weighted by Gasteiger charge is -2.10. The molecule has 0 spiro atoms. The standard InChI is InChI=1S/C11H17NO/c1-3-9-4-10(8(2)7-12)6-11(13)5-9/h4-6,8,13H,3,7,12H2,1-2H3. The number of benzene rings is 1. The van der Waals surface area contributed by atoms with Crippen LogP contribution in [0.25, 0.3) is 0 Å². The zero-order valence-electron chi connectivity index (χ0n) is 8.25. The van der Waals surface area contributed by atoms with E-state index in [-0.39, 0.29) is 0 Å². The van der Waals surface area contributed by atoms with Crippen LogP contribution in [0, 0.1) is 0 Å². The number of hydrogen-bond acceptors (Lipinski definition) is 2. The highest BCUT2D eigenvalue weighted by Crippen LogP contribution is 2.22. The van der Waals surface area contributed by atoms with E-state index < -0.39 is 0 Å². The highest BCUT2D eigenvalue weighted by Gasteiger charge is 2.05. The van der Waals surface area contributed by atoms with Crippen molar-refractivity contribution in [2.45, 2.75) is 26.2 Å². The Morgan fingerprint density at radius 2 is 2.08 bits per heavy atom. The van der Waals surface area contributed by atoms with Gasteiger partial charge in [0.1, 0.15) is 5.75 Å². The van der Waals surface area contributed by atoms with Crippen LogP contribution in [0.2, 0.25) is 0 Å². The lowest BCUT2D eigenvalue weighted by atomic mass is 9.98. The molecule has 0 saturated carbocycles. The predicted molar refractivity (Wildman–Crippen MR) is 55.0 cm³/mol. The van der Waals surface area contributed by atoms with E-state index >= 15 is 0 Å². The molecule has 0 aromatic heterocycles. The summed E-state index contributed by atoms with van der Waals surface area (Å²) in [5.74, 6) is 0.659. The summed E-state index contributed by atoms with van der Waals surface area (Å²) in [6.07, 6.45) is 0.943. The lowest BCUT2D eigenvalue weighted by Crippen LogP contribution is -2.08. The molecule has 0 heterocycles. The smallest absolute Gasteiger partial charge is 0.116 e. The average molecular weight is 179 g/mol. The fourth-order valence-corrected chi connectivity index (χ4v) is 1.32. The van der Waals surface area contributed by atoms with Crippen molar-refractivity contribution in [1.29, 1.82) is 0 Å². The first-order valence-electron chi connectivity index (χ1n) is 4.70. The first-order valence-corrected chi connectivity index (χ1v) is 4.70. The van der Waals surface area contributed by atoms with Gasteiger partial charge in [-0.1, -0.05) is 19.9 Å². The van der Waals surface area contributed by atoms with Gasteiger partial charge in [-0.15, -0.1) is 0 Å². The molecule has 1 aromatic rings. The molecular weight excluding hydrogens is 162 g/mol. The summed E-state index contributed by atoms with van der Waals surface area (Å²) >= 11 is 0. The van der Waals surface area contributed by atoms with Gasteiger partial charge in [0, 0.05) is 0 Å². The molecule has 13 heavy (non-hydrogen) atoms. The number of nitrogens with two attached hydrogens (primary N) is 1. The maximum Gasteiger partial charge on any atom is 0.116 e. The summed E-state index contributed by atoms with van der Waals surface area (Å²) < 4.78 is 0. The van der Waals surface area contributed by atoms with Crippen molar-refractivity contribution >= 4 is 0 Å². The monoisotopic (exact) mass is 179 g/mol. The number of phenols is 1. The van der Waals surface area contributed by atoms with Gasteiger partial charge in [-0.3, -0.25) is 0 Å². The van der Waals surface area contributed by atoms with Crippen molar-refractivity contribution in [2.75, 3.05) is 6.54 Å². The molecule has 0 radical (unpaired) electrons. The van der Waals surface area contributed by atoms with Crippen molar-refractivity contribution in [3.05, 3.63) is 29.3 Å². The predicted octanol–water partition coefficient (Wildman–Crippen LogP) is 2.02. The molecule has 0 bridgehead atoms.